The van der Waals surface area contributed by atoms with Gasteiger partial charge in [-0.1, -0.05) is 0 Å². The maximum absolute atomic E-state index is 10.5. The summed E-state index contributed by atoms with van der Waals surface area (Å²) in [6, 6.07) is -0.349. The second kappa shape index (κ2) is 3.57. The molecule has 48 valence electrons. The third-order valence-corrected chi connectivity index (χ3v) is 0.899. The summed E-state index contributed by atoms with van der Waals surface area (Å²) < 4.78 is 0. The van der Waals surface area contributed by atoms with Crippen LogP contribution in [0.25, 0.3) is 0 Å². The summed E-state index contributed by atoms with van der Waals surface area (Å²) in [7, 11) is 0. The zero-order chi connectivity index (χ0) is 6.57. The van der Waals surface area contributed by atoms with E-state index < -0.39 is 0 Å². The molecule has 0 radical (unpaired) electrons. The summed E-state index contributed by atoms with van der Waals surface area (Å²) in [5, 5.41) is 0. The van der Waals surface area contributed by atoms with Gasteiger partial charge in [0, 0.05) is 6.42 Å². The second-order valence-corrected chi connectivity index (χ2v) is 1.79. The van der Waals surface area contributed by atoms with Crippen molar-refractivity contribution in [2.75, 3.05) is 6.54 Å². The van der Waals surface area contributed by atoms with Crippen LogP contribution in [0.15, 0.2) is 0 Å². The molecule has 3 nitrogen and oxygen atoms in total. The van der Waals surface area contributed by atoms with E-state index in [1.807, 2.05) is 0 Å². The Bertz CT molecular complexity index is 80.5. The molecule has 4 N–H and O–H groups in total. The van der Waals surface area contributed by atoms with E-state index in [2.05, 4.69) is 0 Å². The van der Waals surface area contributed by atoms with Crippen molar-refractivity contribution in [3.05, 3.63) is 0 Å². The van der Waals surface area contributed by atoms with Crippen LogP contribution in [0.4, 0.5) is 0 Å². The summed E-state index contributed by atoms with van der Waals surface area (Å²) in [6.07, 6.45) is 0.400. The van der Waals surface area contributed by atoms with Gasteiger partial charge in [0.05, 0.1) is 6.04 Å². The van der Waals surface area contributed by atoms with Crippen molar-refractivity contribution in [3.8, 4) is 0 Å². The summed E-state index contributed by atoms with van der Waals surface area (Å²) in [4.78, 5) is 10.5. The number of ketones is 1. The molecule has 0 spiro atoms. The lowest BCUT2D eigenvalue weighted by atomic mass is 10.2. The Balaban J connectivity index is 3.33. The van der Waals surface area contributed by atoms with Crippen LogP contribution < -0.4 is 11.5 Å². The van der Waals surface area contributed by atoms with Crippen molar-refractivity contribution in [3.63, 3.8) is 0 Å². The van der Waals surface area contributed by atoms with Crippen LogP contribution in [-0.2, 0) is 4.79 Å². The number of Topliss-reactive ketones (excluding diaryl/α,β-unsaturated/α-hetero) is 1. The number of carbonyl (C=O) groups excluding carboxylic acids is 1. The van der Waals surface area contributed by atoms with Crippen LogP contribution >= 0.6 is 0 Å². The molecule has 0 aromatic rings. The molecule has 0 aromatic carbocycles. The average molecular weight is 116 g/mol. The van der Waals surface area contributed by atoms with Crippen LogP contribution in [0.2, 0.25) is 0 Å². The van der Waals surface area contributed by atoms with E-state index in [0.29, 0.717) is 13.0 Å². The molecule has 0 aliphatic heterocycles. The molecule has 0 fully saturated rings. The lowest BCUT2D eigenvalue weighted by Gasteiger charge is -1.99. The number of rotatable bonds is 3. The minimum Gasteiger partial charge on any atom is -0.330 e. The quantitative estimate of drug-likeness (QED) is 0.510. The van der Waals surface area contributed by atoms with Gasteiger partial charge in [0.1, 0.15) is 5.78 Å². The van der Waals surface area contributed by atoms with Gasteiger partial charge >= 0.3 is 0 Å². The molecule has 0 amide bonds. The fourth-order valence-corrected chi connectivity index (χ4v) is 0.370. The third-order valence-electron chi connectivity index (χ3n) is 0.899. The number of nitrogens with two attached hydrogens (primary N) is 2. The highest BCUT2D eigenvalue weighted by Gasteiger charge is 2.03. The summed E-state index contributed by atoms with van der Waals surface area (Å²) in [6.45, 7) is 2.07. The summed E-state index contributed by atoms with van der Waals surface area (Å²) in [5.41, 5.74) is 10.3. The molecule has 1 atom stereocenters. The minimum absolute atomic E-state index is 0.0347. The molecule has 0 aromatic heterocycles. The van der Waals surface area contributed by atoms with E-state index in [1.54, 1.807) is 6.92 Å². The van der Waals surface area contributed by atoms with Crippen molar-refractivity contribution in [2.45, 2.75) is 19.4 Å². The number of hydrogen-bond acceptors (Lipinski definition) is 3. The predicted octanol–water partition coefficient (Wildman–Crippen LogP) is -0.748. The molecule has 0 bridgehead atoms. The van der Waals surface area contributed by atoms with Gasteiger partial charge in [0.25, 0.3) is 0 Å². The zero-order valence-electron chi connectivity index (χ0n) is 5.05. The lowest BCUT2D eigenvalue weighted by Crippen LogP contribution is -2.28. The van der Waals surface area contributed by atoms with Gasteiger partial charge in [-0.3, -0.25) is 4.79 Å². The van der Waals surface area contributed by atoms with E-state index >= 15 is 0 Å². The summed E-state index contributed by atoms with van der Waals surface area (Å²) >= 11 is 0. The predicted molar refractivity (Wildman–Crippen MR) is 32.3 cm³/mol. The molecule has 3 heteroatoms. The highest BCUT2D eigenvalue weighted by atomic mass is 16.1. The Morgan fingerprint density at radius 2 is 2.25 bits per heavy atom. The fourth-order valence-electron chi connectivity index (χ4n) is 0.370. The van der Waals surface area contributed by atoms with Gasteiger partial charge in [0.15, 0.2) is 0 Å². The monoisotopic (exact) mass is 116 g/mol. The van der Waals surface area contributed by atoms with Gasteiger partial charge in [-0.2, -0.15) is 0 Å². The molecule has 1 unspecified atom stereocenters. The van der Waals surface area contributed by atoms with E-state index in [0.717, 1.165) is 0 Å². The highest BCUT2D eigenvalue weighted by molar-refractivity contribution is 5.83. The third kappa shape index (κ3) is 2.71. The molecular weight excluding hydrogens is 104 g/mol. The Hall–Kier alpha value is -0.410. The molecule has 0 aliphatic rings. The first-order chi connectivity index (χ1) is 3.68. The van der Waals surface area contributed by atoms with Crippen LogP contribution in [0, 0.1) is 0 Å². The molecule has 0 aliphatic carbocycles. The maximum Gasteiger partial charge on any atom is 0.150 e. The van der Waals surface area contributed by atoms with Gasteiger partial charge < -0.3 is 11.5 Å². The Morgan fingerprint density at radius 1 is 1.75 bits per heavy atom. The van der Waals surface area contributed by atoms with Crippen molar-refractivity contribution in [1.82, 2.24) is 0 Å². The Labute approximate surface area is 49.0 Å². The van der Waals surface area contributed by atoms with Gasteiger partial charge in [0.2, 0.25) is 0 Å². The van der Waals surface area contributed by atoms with Gasteiger partial charge in [-0.15, -0.1) is 0 Å². The zero-order valence-corrected chi connectivity index (χ0v) is 5.05. The fraction of sp³-hybridized carbons (Fsp3) is 0.800. The molecule has 0 rings (SSSR count). The first kappa shape index (κ1) is 7.59. The minimum atomic E-state index is -0.349. The first-order valence-corrected chi connectivity index (χ1v) is 2.67. The number of carbonyl (C=O) groups is 1. The molecule has 0 saturated heterocycles. The van der Waals surface area contributed by atoms with Crippen molar-refractivity contribution in [2.24, 2.45) is 11.5 Å². The maximum atomic E-state index is 10.5. The lowest BCUT2D eigenvalue weighted by molar-refractivity contribution is -0.119. The molecule has 0 heterocycles. The standard InChI is InChI=1S/C5H12N2O/c1-4(7)5(8)2-3-6/h4H,2-3,6-7H2,1H3. The highest BCUT2D eigenvalue weighted by Crippen LogP contribution is 1.83. The average Bonchev–Trinajstić information content (AvgIpc) is 1.67. The smallest absolute Gasteiger partial charge is 0.150 e. The van der Waals surface area contributed by atoms with E-state index in [1.165, 1.54) is 0 Å². The van der Waals surface area contributed by atoms with E-state index in [9.17, 15) is 4.79 Å². The first-order valence-electron chi connectivity index (χ1n) is 2.67. The van der Waals surface area contributed by atoms with E-state index in [4.69, 9.17) is 11.5 Å². The topological polar surface area (TPSA) is 69.1 Å². The van der Waals surface area contributed by atoms with Gasteiger partial charge in [-0.25, -0.2) is 0 Å². The second-order valence-electron chi connectivity index (χ2n) is 1.79. The van der Waals surface area contributed by atoms with E-state index in [-0.39, 0.29) is 11.8 Å². The molecular formula is C5H12N2O. The van der Waals surface area contributed by atoms with Crippen LogP contribution in [0.5, 0.6) is 0 Å². The summed E-state index contributed by atoms with van der Waals surface area (Å²) in [5.74, 6) is 0.0347. The molecule has 8 heavy (non-hydrogen) atoms. The normalized spacial score (nSPS) is 13.4. The number of hydrogen-bond donors (Lipinski definition) is 2. The van der Waals surface area contributed by atoms with Crippen LogP contribution in [0.1, 0.15) is 13.3 Å². The van der Waals surface area contributed by atoms with Crippen molar-refractivity contribution >= 4 is 5.78 Å². The van der Waals surface area contributed by atoms with Crippen LogP contribution in [0.3, 0.4) is 0 Å². The van der Waals surface area contributed by atoms with Gasteiger partial charge in [-0.05, 0) is 13.5 Å². The Morgan fingerprint density at radius 3 is 2.38 bits per heavy atom. The SMILES string of the molecule is CC(N)C(=O)CCN. The van der Waals surface area contributed by atoms with Crippen molar-refractivity contribution in [1.29, 1.82) is 0 Å². The van der Waals surface area contributed by atoms with Crippen molar-refractivity contribution < 1.29 is 4.79 Å². The van der Waals surface area contributed by atoms with Crippen LogP contribution in [-0.4, -0.2) is 18.4 Å². The molecule has 0 saturated carbocycles. The largest absolute Gasteiger partial charge is 0.330 e. The Kier molecular flexibility index (Phi) is 3.39.